The summed E-state index contributed by atoms with van der Waals surface area (Å²) in [5, 5.41) is 9.33. The van der Waals surface area contributed by atoms with E-state index in [0.29, 0.717) is 11.0 Å². The molecule has 1 aromatic heterocycles. The molecule has 9 heteroatoms. The van der Waals surface area contributed by atoms with Crippen molar-refractivity contribution in [1.29, 1.82) is 5.26 Å². The summed E-state index contributed by atoms with van der Waals surface area (Å²) in [7, 11) is -4.09. The number of nitrogens with one attached hydrogen (secondary N) is 2. The standard InChI is InChI=1S/C18H15FN4O3S/c19-13-5-1-4-8-17(13)27(25,26)21-10-9-16(24)12(11-20)18-22-14-6-2-3-7-15(14)23-18/h1-8,12,21H,9-10H2,(H,22,23)/t12-/m0/s1. The number of nitriles is 1. The molecule has 138 valence electrons. The van der Waals surface area contributed by atoms with Gasteiger partial charge in [-0.05, 0) is 24.3 Å². The number of halogens is 1. The molecule has 0 unspecified atom stereocenters. The van der Waals surface area contributed by atoms with Gasteiger partial charge in [-0.15, -0.1) is 0 Å². The van der Waals surface area contributed by atoms with E-state index < -0.39 is 32.4 Å². The lowest BCUT2D eigenvalue weighted by Gasteiger charge is -2.08. The van der Waals surface area contributed by atoms with Crippen molar-refractivity contribution >= 4 is 26.8 Å². The third kappa shape index (κ3) is 4.02. The molecule has 3 rings (SSSR count). The Hall–Kier alpha value is -3.09. The molecule has 0 spiro atoms. The zero-order chi connectivity index (χ0) is 19.4. The van der Waals surface area contributed by atoms with Crippen LogP contribution in [-0.2, 0) is 14.8 Å². The van der Waals surface area contributed by atoms with Gasteiger partial charge in [0.25, 0.3) is 0 Å². The number of sulfonamides is 1. The first-order valence-corrected chi connectivity index (χ1v) is 9.52. The number of imidazole rings is 1. The minimum absolute atomic E-state index is 0.209. The Morgan fingerprint density at radius 2 is 1.93 bits per heavy atom. The molecule has 2 aromatic carbocycles. The maximum atomic E-state index is 13.6. The van der Waals surface area contributed by atoms with Crippen LogP contribution in [0.1, 0.15) is 18.2 Å². The quantitative estimate of drug-likeness (QED) is 0.646. The predicted molar refractivity (Wildman–Crippen MR) is 95.7 cm³/mol. The van der Waals surface area contributed by atoms with Gasteiger partial charge in [0.1, 0.15) is 16.5 Å². The SMILES string of the molecule is N#C[C@@H](C(=O)CCNS(=O)(=O)c1ccccc1F)c1nc2ccccc2[nH]1. The van der Waals surface area contributed by atoms with E-state index in [9.17, 15) is 22.9 Å². The van der Waals surface area contributed by atoms with E-state index in [1.165, 1.54) is 12.1 Å². The van der Waals surface area contributed by atoms with Gasteiger partial charge in [0.05, 0.1) is 17.1 Å². The molecule has 0 bridgehead atoms. The number of ketones is 1. The number of benzene rings is 2. The van der Waals surface area contributed by atoms with Gasteiger partial charge in [-0.3, -0.25) is 4.79 Å². The molecule has 0 amide bonds. The number of carbonyl (C=O) groups is 1. The maximum Gasteiger partial charge on any atom is 0.243 e. The van der Waals surface area contributed by atoms with Crippen molar-refractivity contribution < 1.29 is 17.6 Å². The summed E-state index contributed by atoms with van der Waals surface area (Å²) >= 11 is 0. The molecule has 27 heavy (non-hydrogen) atoms. The van der Waals surface area contributed by atoms with Crippen molar-refractivity contribution in [3.63, 3.8) is 0 Å². The summed E-state index contributed by atoms with van der Waals surface area (Å²) in [6, 6.07) is 13.9. The van der Waals surface area contributed by atoms with Crippen molar-refractivity contribution in [3.8, 4) is 6.07 Å². The van der Waals surface area contributed by atoms with E-state index in [2.05, 4.69) is 14.7 Å². The fourth-order valence-electron chi connectivity index (χ4n) is 2.59. The minimum Gasteiger partial charge on any atom is -0.340 e. The maximum absolute atomic E-state index is 13.6. The normalized spacial score (nSPS) is 12.6. The Labute approximate surface area is 154 Å². The van der Waals surface area contributed by atoms with Gasteiger partial charge in [0.15, 0.2) is 11.7 Å². The predicted octanol–water partition coefficient (Wildman–Crippen LogP) is 2.25. The van der Waals surface area contributed by atoms with E-state index in [1.807, 2.05) is 6.07 Å². The molecule has 0 saturated heterocycles. The lowest BCUT2D eigenvalue weighted by molar-refractivity contribution is -0.119. The lowest BCUT2D eigenvalue weighted by atomic mass is 10.0. The van der Waals surface area contributed by atoms with Crippen LogP contribution in [0.25, 0.3) is 11.0 Å². The second-order valence-electron chi connectivity index (χ2n) is 5.75. The summed E-state index contributed by atoms with van der Waals surface area (Å²) in [6.07, 6.45) is -0.233. The molecule has 0 aliphatic carbocycles. The highest BCUT2D eigenvalue weighted by molar-refractivity contribution is 7.89. The van der Waals surface area contributed by atoms with Crippen molar-refractivity contribution in [1.82, 2.24) is 14.7 Å². The first-order valence-electron chi connectivity index (χ1n) is 8.03. The van der Waals surface area contributed by atoms with Gasteiger partial charge in [-0.1, -0.05) is 24.3 Å². The van der Waals surface area contributed by atoms with Crippen LogP contribution in [-0.4, -0.2) is 30.7 Å². The van der Waals surface area contributed by atoms with Gasteiger partial charge in [-0.25, -0.2) is 22.5 Å². The summed E-state index contributed by atoms with van der Waals surface area (Å²) in [6.45, 7) is -0.256. The molecule has 1 heterocycles. The van der Waals surface area contributed by atoms with Crippen molar-refractivity contribution in [2.75, 3.05) is 6.54 Å². The highest BCUT2D eigenvalue weighted by Gasteiger charge is 2.24. The zero-order valence-corrected chi connectivity index (χ0v) is 14.8. The zero-order valence-electron chi connectivity index (χ0n) is 14.0. The number of aromatic amines is 1. The van der Waals surface area contributed by atoms with Crippen molar-refractivity contribution in [3.05, 3.63) is 60.2 Å². The average molecular weight is 386 g/mol. The first-order chi connectivity index (χ1) is 12.9. The molecule has 0 aliphatic heterocycles. The number of hydrogen-bond acceptors (Lipinski definition) is 5. The molecular formula is C18H15FN4O3S. The Morgan fingerprint density at radius 1 is 1.22 bits per heavy atom. The number of Topliss-reactive ketones (excluding diaryl/α,β-unsaturated/α-hetero) is 1. The Kier molecular flexibility index (Phi) is 5.30. The van der Waals surface area contributed by atoms with E-state index in [4.69, 9.17) is 0 Å². The monoisotopic (exact) mass is 386 g/mol. The van der Waals surface area contributed by atoms with Crippen LogP contribution in [0, 0.1) is 17.1 Å². The average Bonchev–Trinajstić information content (AvgIpc) is 3.06. The van der Waals surface area contributed by atoms with Crippen LogP contribution in [0.2, 0.25) is 0 Å². The molecule has 2 N–H and O–H groups in total. The van der Waals surface area contributed by atoms with Crippen LogP contribution in [0.15, 0.2) is 53.4 Å². The van der Waals surface area contributed by atoms with Gasteiger partial charge >= 0.3 is 0 Å². The van der Waals surface area contributed by atoms with Gasteiger partial charge in [0.2, 0.25) is 10.0 Å². The third-order valence-electron chi connectivity index (χ3n) is 3.92. The van der Waals surface area contributed by atoms with Crippen LogP contribution in [0.3, 0.4) is 0 Å². The number of rotatable bonds is 7. The first kappa shape index (κ1) is 18.7. The number of para-hydroxylation sites is 2. The second kappa shape index (κ2) is 7.65. The van der Waals surface area contributed by atoms with Crippen molar-refractivity contribution in [2.24, 2.45) is 0 Å². The Balaban J connectivity index is 1.67. The lowest BCUT2D eigenvalue weighted by Crippen LogP contribution is -2.28. The molecule has 0 saturated carbocycles. The number of fused-ring (bicyclic) bond motifs is 1. The summed E-state index contributed by atoms with van der Waals surface area (Å²) < 4.78 is 40.0. The molecule has 1 atom stereocenters. The number of nitrogens with zero attached hydrogens (tertiary/aromatic N) is 2. The number of hydrogen-bond donors (Lipinski definition) is 2. The minimum atomic E-state index is -4.09. The molecule has 3 aromatic rings. The Bertz CT molecular complexity index is 1100. The van der Waals surface area contributed by atoms with E-state index in [1.54, 1.807) is 24.3 Å². The van der Waals surface area contributed by atoms with Gasteiger partial charge < -0.3 is 4.98 Å². The summed E-state index contributed by atoms with van der Waals surface area (Å²) in [5.74, 6) is -2.31. The molecular weight excluding hydrogens is 371 g/mol. The van der Waals surface area contributed by atoms with E-state index in [0.717, 1.165) is 12.1 Å². The van der Waals surface area contributed by atoms with E-state index >= 15 is 0 Å². The topological polar surface area (TPSA) is 116 Å². The Morgan fingerprint density at radius 3 is 2.63 bits per heavy atom. The highest BCUT2D eigenvalue weighted by Crippen LogP contribution is 2.19. The van der Waals surface area contributed by atoms with Crippen LogP contribution in [0.5, 0.6) is 0 Å². The van der Waals surface area contributed by atoms with Crippen LogP contribution < -0.4 is 4.72 Å². The summed E-state index contributed by atoms with van der Waals surface area (Å²) in [4.78, 5) is 19.0. The highest BCUT2D eigenvalue weighted by atomic mass is 32.2. The van der Waals surface area contributed by atoms with Gasteiger partial charge in [-0.2, -0.15) is 5.26 Å². The van der Waals surface area contributed by atoms with Crippen LogP contribution in [0.4, 0.5) is 4.39 Å². The smallest absolute Gasteiger partial charge is 0.243 e. The fraction of sp³-hybridized carbons (Fsp3) is 0.167. The second-order valence-corrected chi connectivity index (χ2v) is 7.48. The molecule has 0 aliphatic rings. The number of carbonyl (C=O) groups excluding carboxylic acids is 1. The molecule has 0 radical (unpaired) electrons. The number of H-pyrrole nitrogens is 1. The van der Waals surface area contributed by atoms with E-state index in [-0.39, 0.29) is 18.8 Å². The van der Waals surface area contributed by atoms with Crippen LogP contribution >= 0.6 is 0 Å². The largest absolute Gasteiger partial charge is 0.340 e. The summed E-state index contributed by atoms with van der Waals surface area (Å²) in [5.41, 5.74) is 1.32. The molecule has 0 fully saturated rings. The van der Waals surface area contributed by atoms with Crippen molar-refractivity contribution in [2.45, 2.75) is 17.2 Å². The molecule has 7 nitrogen and oxygen atoms in total. The number of aromatic nitrogens is 2. The van der Waals surface area contributed by atoms with Gasteiger partial charge in [0, 0.05) is 13.0 Å². The third-order valence-corrected chi connectivity index (χ3v) is 5.42. The fourth-order valence-corrected chi connectivity index (χ4v) is 3.70.